The molecule has 1 aliphatic heterocycles. The average Bonchev–Trinajstić information content (AvgIpc) is 3.14. The van der Waals surface area contributed by atoms with Crippen LogP contribution in [0, 0.1) is 0 Å². The zero-order valence-electron chi connectivity index (χ0n) is 22.1. The molecule has 4 aromatic rings. The van der Waals surface area contributed by atoms with Gasteiger partial charge in [0, 0.05) is 0 Å². The molecule has 5 rings (SSSR count). The quantitative estimate of drug-likeness (QED) is 0.211. The topological polar surface area (TPSA) is 65.1 Å². The first-order valence-corrected chi connectivity index (χ1v) is 13.0. The van der Waals surface area contributed by atoms with Crippen molar-refractivity contribution in [3.05, 3.63) is 126 Å². The van der Waals surface area contributed by atoms with Crippen molar-refractivity contribution in [2.24, 2.45) is 0 Å². The van der Waals surface area contributed by atoms with Crippen molar-refractivity contribution in [3.63, 3.8) is 0 Å². The Hall–Kier alpha value is -4.42. The summed E-state index contributed by atoms with van der Waals surface area (Å²) in [6.07, 6.45) is 0.324. The van der Waals surface area contributed by atoms with Crippen LogP contribution in [-0.4, -0.2) is 32.3 Å². The largest absolute Gasteiger partial charge is 0.468 e. The molecular weight excluding hydrogens is 490 g/mol. The second-order valence-electron chi connectivity index (χ2n) is 9.60. The van der Waals surface area contributed by atoms with Gasteiger partial charge in [-0.1, -0.05) is 79.4 Å². The highest BCUT2D eigenvalue weighted by Gasteiger charge is 2.54. The number of benzene rings is 4. The lowest BCUT2D eigenvalue weighted by atomic mass is 9.66. The van der Waals surface area contributed by atoms with Crippen molar-refractivity contribution in [1.29, 1.82) is 0 Å². The fourth-order valence-corrected chi connectivity index (χ4v) is 5.55. The minimum absolute atomic E-state index is 0.215. The summed E-state index contributed by atoms with van der Waals surface area (Å²) in [5.41, 5.74) is 2.38. The minimum atomic E-state index is -1.20. The number of esters is 2. The summed E-state index contributed by atoms with van der Waals surface area (Å²) in [7, 11) is 1.42. The molecule has 39 heavy (non-hydrogen) atoms. The average molecular weight is 522 g/mol. The Morgan fingerprint density at radius 2 is 1.64 bits per heavy atom. The molecule has 6 nitrogen and oxygen atoms in total. The second-order valence-corrected chi connectivity index (χ2v) is 9.60. The molecule has 0 unspecified atom stereocenters. The van der Waals surface area contributed by atoms with Gasteiger partial charge in [0.2, 0.25) is 0 Å². The number of anilines is 1. The van der Waals surface area contributed by atoms with Gasteiger partial charge in [0.05, 0.1) is 31.6 Å². The van der Waals surface area contributed by atoms with E-state index in [2.05, 4.69) is 6.58 Å². The predicted molar refractivity (Wildman–Crippen MR) is 151 cm³/mol. The standard InChI is InChI=1S/C33H31NO5/c1-4-38-31(35)26-17-19-27(20-18-26)34-30(25-12-6-5-7-13-25)33(32(36)37-3,21-23(2)22-39-34)29-16-10-14-24-11-8-9-15-28(24)29/h5-20,30H,2,4,21-22H2,1,3H3/t30-,33+/m0/s1. The molecule has 198 valence electrons. The fourth-order valence-electron chi connectivity index (χ4n) is 5.55. The molecule has 1 saturated heterocycles. The van der Waals surface area contributed by atoms with Gasteiger partial charge in [0.1, 0.15) is 11.5 Å². The van der Waals surface area contributed by atoms with E-state index in [0.29, 0.717) is 24.3 Å². The van der Waals surface area contributed by atoms with E-state index in [4.69, 9.17) is 14.3 Å². The van der Waals surface area contributed by atoms with E-state index in [1.54, 1.807) is 36.3 Å². The van der Waals surface area contributed by atoms with Crippen molar-refractivity contribution in [3.8, 4) is 0 Å². The molecular formula is C33H31NO5. The lowest BCUT2D eigenvalue weighted by Crippen LogP contribution is -2.49. The zero-order valence-corrected chi connectivity index (χ0v) is 22.1. The smallest absolute Gasteiger partial charge is 0.338 e. The van der Waals surface area contributed by atoms with E-state index >= 15 is 0 Å². The Bertz CT molecular complexity index is 1490. The van der Waals surface area contributed by atoms with Crippen LogP contribution in [0.1, 0.15) is 40.9 Å². The predicted octanol–water partition coefficient (Wildman–Crippen LogP) is 6.57. The lowest BCUT2D eigenvalue weighted by molar-refractivity contribution is -0.149. The van der Waals surface area contributed by atoms with Gasteiger partial charge in [0.15, 0.2) is 0 Å². The van der Waals surface area contributed by atoms with Crippen LogP contribution < -0.4 is 5.06 Å². The van der Waals surface area contributed by atoms with E-state index in [0.717, 1.165) is 27.5 Å². The molecule has 1 fully saturated rings. The van der Waals surface area contributed by atoms with E-state index in [1.165, 1.54) is 7.11 Å². The summed E-state index contributed by atoms with van der Waals surface area (Å²) >= 11 is 0. The van der Waals surface area contributed by atoms with Crippen LogP contribution >= 0.6 is 0 Å². The van der Waals surface area contributed by atoms with Crippen molar-refractivity contribution in [2.75, 3.05) is 25.4 Å². The SMILES string of the molecule is C=C1CON(c2ccc(C(=O)OCC)cc2)[C@@H](c2ccccc2)[C@](C(=O)OC)(c2cccc3ccccc23)C1. The number of hydrogen-bond acceptors (Lipinski definition) is 6. The number of ether oxygens (including phenoxy) is 2. The normalized spacial score (nSPS) is 19.4. The van der Waals surface area contributed by atoms with Crippen molar-refractivity contribution in [1.82, 2.24) is 0 Å². The van der Waals surface area contributed by atoms with Crippen molar-refractivity contribution < 1.29 is 23.9 Å². The fraction of sp³-hybridized carbons (Fsp3) is 0.212. The molecule has 1 aliphatic rings. The maximum absolute atomic E-state index is 14.2. The third kappa shape index (κ3) is 4.79. The summed E-state index contributed by atoms with van der Waals surface area (Å²) in [6, 6.07) is 30.2. The van der Waals surface area contributed by atoms with Crippen molar-refractivity contribution in [2.45, 2.75) is 24.8 Å². The Morgan fingerprint density at radius 3 is 2.36 bits per heavy atom. The van der Waals surface area contributed by atoms with E-state index in [9.17, 15) is 9.59 Å². The molecule has 2 atom stereocenters. The molecule has 0 aliphatic carbocycles. The Kier molecular flexibility index (Phi) is 7.48. The summed E-state index contributed by atoms with van der Waals surface area (Å²) < 4.78 is 10.7. The van der Waals surface area contributed by atoms with Crippen LogP contribution in [0.3, 0.4) is 0 Å². The number of fused-ring (bicyclic) bond motifs is 1. The van der Waals surface area contributed by atoms with Gasteiger partial charge < -0.3 is 9.47 Å². The third-order valence-corrected chi connectivity index (χ3v) is 7.21. The van der Waals surface area contributed by atoms with Crippen LogP contribution in [0.2, 0.25) is 0 Å². The van der Waals surface area contributed by atoms with Gasteiger partial charge in [-0.3, -0.25) is 9.63 Å². The molecule has 0 amide bonds. The van der Waals surface area contributed by atoms with Crippen molar-refractivity contribution >= 4 is 28.4 Å². The summed E-state index contributed by atoms with van der Waals surface area (Å²) in [5, 5.41) is 3.74. The first-order chi connectivity index (χ1) is 19.0. The third-order valence-electron chi connectivity index (χ3n) is 7.21. The highest BCUT2D eigenvalue weighted by atomic mass is 16.7. The van der Waals surface area contributed by atoms with Crippen LogP contribution in [0.25, 0.3) is 10.8 Å². The molecule has 1 heterocycles. The van der Waals surface area contributed by atoms with Gasteiger partial charge in [-0.2, -0.15) is 0 Å². The van der Waals surface area contributed by atoms with E-state index in [1.807, 2.05) is 72.8 Å². The Balaban J connectivity index is 1.78. The summed E-state index contributed by atoms with van der Waals surface area (Å²) in [5.74, 6) is -0.777. The maximum atomic E-state index is 14.2. The molecule has 0 saturated carbocycles. The minimum Gasteiger partial charge on any atom is -0.468 e. The molecule has 0 aromatic heterocycles. The number of rotatable bonds is 6. The number of hydrogen-bond donors (Lipinski definition) is 0. The molecule has 6 heteroatoms. The number of methoxy groups -OCH3 is 1. The molecule has 4 aromatic carbocycles. The Labute approximate surface area is 228 Å². The second kappa shape index (κ2) is 11.1. The number of hydroxylamine groups is 1. The van der Waals surface area contributed by atoms with Gasteiger partial charge in [-0.25, -0.2) is 9.86 Å². The van der Waals surface area contributed by atoms with Gasteiger partial charge in [-0.05, 0) is 65.1 Å². The number of carbonyl (C=O) groups excluding carboxylic acids is 2. The van der Waals surface area contributed by atoms with Crippen LogP contribution in [-0.2, 0) is 24.5 Å². The number of nitrogens with zero attached hydrogens (tertiary/aromatic N) is 1. The summed E-state index contributed by atoms with van der Waals surface area (Å²) in [6.45, 7) is 6.56. The van der Waals surface area contributed by atoms with Crippen LogP contribution in [0.4, 0.5) is 5.69 Å². The van der Waals surface area contributed by atoms with Gasteiger partial charge in [0.25, 0.3) is 0 Å². The lowest BCUT2D eigenvalue weighted by Gasteiger charge is -2.43. The molecule has 0 radical (unpaired) electrons. The zero-order chi connectivity index (χ0) is 27.4. The number of carbonyl (C=O) groups is 2. The van der Waals surface area contributed by atoms with Crippen LogP contribution in [0.5, 0.6) is 0 Å². The maximum Gasteiger partial charge on any atom is 0.338 e. The molecule has 0 N–H and O–H groups in total. The molecule has 0 bridgehead atoms. The first-order valence-electron chi connectivity index (χ1n) is 13.0. The monoisotopic (exact) mass is 521 g/mol. The van der Waals surface area contributed by atoms with E-state index in [-0.39, 0.29) is 12.6 Å². The van der Waals surface area contributed by atoms with Crippen LogP contribution in [0.15, 0.2) is 109 Å². The highest BCUT2D eigenvalue weighted by Crippen LogP contribution is 2.51. The Morgan fingerprint density at radius 1 is 0.949 bits per heavy atom. The molecule has 0 spiro atoms. The van der Waals surface area contributed by atoms with Gasteiger partial charge >= 0.3 is 11.9 Å². The first kappa shape index (κ1) is 26.2. The van der Waals surface area contributed by atoms with Gasteiger partial charge in [-0.15, -0.1) is 0 Å². The summed E-state index contributed by atoms with van der Waals surface area (Å²) in [4.78, 5) is 32.9. The van der Waals surface area contributed by atoms with E-state index < -0.39 is 17.4 Å². The highest BCUT2D eigenvalue weighted by molar-refractivity contribution is 5.95.